The number of carbonyl (C=O) groups excluding carboxylic acids is 2. The SMILES string of the molecule is CCOC(=O)C1=C(C)N=c2sc(=Cc3ccc(-c4ccc(C(=O)[O-])cc4)o3)c(=O)n2C1c1ccc(N(C)C)cc1. The van der Waals surface area contributed by atoms with Gasteiger partial charge in [-0.3, -0.25) is 9.36 Å². The lowest BCUT2D eigenvalue weighted by atomic mass is 9.95. The number of ether oxygens (including phenoxy) is 1. The lowest BCUT2D eigenvalue weighted by Crippen LogP contribution is -2.39. The molecular weight excluding hydrogens is 530 g/mol. The van der Waals surface area contributed by atoms with Crippen LogP contribution >= 0.6 is 11.3 Å². The van der Waals surface area contributed by atoms with E-state index in [1.165, 1.54) is 28.0 Å². The maximum absolute atomic E-state index is 13.8. The minimum absolute atomic E-state index is 0.0695. The molecule has 2 aromatic heterocycles. The van der Waals surface area contributed by atoms with Crippen molar-refractivity contribution in [2.75, 3.05) is 25.6 Å². The van der Waals surface area contributed by atoms with Crippen LogP contribution in [0, 0.1) is 0 Å². The molecule has 0 bridgehead atoms. The van der Waals surface area contributed by atoms with E-state index in [-0.39, 0.29) is 17.7 Å². The van der Waals surface area contributed by atoms with E-state index in [0.717, 1.165) is 11.3 Å². The third kappa shape index (κ3) is 5.01. The van der Waals surface area contributed by atoms with Crippen LogP contribution in [0.1, 0.15) is 41.6 Å². The molecule has 0 saturated heterocycles. The number of furan rings is 1. The summed E-state index contributed by atoms with van der Waals surface area (Å²) < 4.78 is 13.2. The molecule has 0 N–H and O–H groups in total. The summed E-state index contributed by atoms with van der Waals surface area (Å²) in [6.07, 6.45) is 1.64. The van der Waals surface area contributed by atoms with Crippen molar-refractivity contribution in [2.45, 2.75) is 19.9 Å². The largest absolute Gasteiger partial charge is 0.545 e. The lowest BCUT2D eigenvalue weighted by Gasteiger charge is -2.25. The van der Waals surface area contributed by atoms with Crippen LogP contribution in [0.2, 0.25) is 0 Å². The van der Waals surface area contributed by atoms with Gasteiger partial charge in [0.25, 0.3) is 5.56 Å². The monoisotopic (exact) mass is 556 g/mol. The van der Waals surface area contributed by atoms with Gasteiger partial charge >= 0.3 is 5.97 Å². The summed E-state index contributed by atoms with van der Waals surface area (Å²) in [6.45, 7) is 3.68. The summed E-state index contributed by atoms with van der Waals surface area (Å²) in [7, 11) is 3.88. The molecule has 2 aromatic carbocycles. The standard InChI is InChI=1S/C30H27N3O6S/c1-5-38-29(37)25-17(2)31-30-33(26(25)19-10-12-21(13-11-19)32(3)4)27(34)24(40-30)16-22-14-15-23(39-22)18-6-8-20(9-7-18)28(35)36/h6-16,26H,5H2,1-4H3,(H,35,36)/p-1. The molecule has 1 unspecified atom stereocenters. The number of thiazole rings is 1. The number of aromatic carboxylic acids is 1. The fourth-order valence-corrected chi connectivity index (χ4v) is 5.57. The number of allylic oxidation sites excluding steroid dienone is 1. The summed E-state index contributed by atoms with van der Waals surface area (Å²) in [5.74, 6) is -0.809. The Bertz CT molecular complexity index is 1810. The summed E-state index contributed by atoms with van der Waals surface area (Å²) >= 11 is 1.21. The summed E-state index contributed by atoms with van der Waals surface area (Å²) in [6, 6.07) is 16.6. The molecule has 0 radical (unpaired) electrons. The number of carboxylic acid groups (broad SMARTS) is 1. The number of anilines is 1. The molecule has 0 aliphatic carbocycles. The first kappa shape index (κ1) is 26.9. The van der Waals surface area contributed by atoms with Crippen LogP contribution in [0.3, 0.4) is 0 Å². The zero-order valence-electron chi connectivity index (χ0n) is 22.3. The van der Waals surface area contributed by atoms with Gasteiger partial charge in [-0.05, 0) is 49.2 Å². The third-order valence-electron chi connectivity index (χ3n) is 6.55. The van der Waals surface area contributed by atoms with Crippen molar-refractivity contribution in [3.05, 3.63) is 109 Å². The number of aromatic nitrogens is 1. The number of benzene rings is 2. The number of carbonyl (C=O) groups is 2. The maximum atomic E-state index is 13.8. The zero-order chi connectivity index (χ0) is 28.6. The van der Waals surface area contributed by atoms with Crippen molar-refractivity contribution in [3.63, 3.8) is 0 Å². The van der Waals surface area contributed by atoms with E-state index in [9.17, 15) is 19.5 Å². The average Bonchev–Trinajstić information content (AvgIpc) is 3.52. The molecule has 0 spiro atoms. The molecule has 1 aliphatic heterocycles. The highest BCUT2D eigenvalue weighted by Crippen LogP contribution is 2.31. The highest BCUT2D eigenvalue weighted by molar-refractivity contribution is 7.07. The van der Waals surface area contributed by atoms with E-state index in [1.54, 1.807) is 44.2 Å². The van der Waals surface area contributed by atoms with Crippen LogP contribution in [-0.4, -0.2) is 37.2 Å². The zero-order valence-corrected chi connectivity index (χ0v) is 23.2. The molecule has 0 amide bonds. The Balaban J connectivity index is 1.59. The highest BCUT2D eigenvalue weighted by Gasteiger charge is 2.33. The number of fused-ring (bicyclic) bond motifs is 1. The molecule has 10 heteroatoms. The van der Waals surface area contributed by atoms with Crippen molar-refractivity contribution in [3.8, 4) is 11.3 Å². The van der Waals surface area contributed by atoms with Crippen LogP contribution < -0.4 is 24.9 Å². The van der Waals surface area contributed by atoms with E-state index < -0.39 is 18.0 Å². The smallest absolute Gasteiger partial charge is 0.338 e. The minimum atomic E-state index is -1.25. The van der Waals surface area contributed by atoms with Gasteiger partial charge in [-0.25, -0.2) is 9.79 Å². The van der Waals surface area contributed by atoms with Gasteiger partial charge < -0.3 is 24.0 Å². The quantitative estimate of drug-likeness (QED) is 0.321. The summed E-state index contributed by atoms with van der Waals surface area (Å²) in [4.78, 5) is 44.9. The number of hydrogen-bond acceptors (Lipinski definition) is 9. The van der Waals surface area contributed by atoms with Gasteiger partial charge in [0.15, 0.2) is 4.80 Å². The van der Waals surface area contributed by atoms with Gasteiger partial charge in [-0.2, -0.15) is 0 Å². The Morgan fingerprint density at radius 1 is 1.10 bits per heavy atom. The molecule has 204 valence electrons. The van der Waals surface area contributed by atoms with Gasteiger partial charge in [-0.1, -0.05) is 47.7 Å². The normalized spacial score (nSPS) is 15.0. The molecule has 3 heterocycles. The van der Waals surface area contributed by atoms with Gasteiger partial charge in [-0.15, -0.1) is 0 Å². The number of esters is 1. The van der Waals surface area contributed by atoms with E-state index in [2.05, 4.69) is 4.99 Å². The predicted molar refractivity (Wildman–Crippen MR) is 150 cm³/mol. The molecule has 4 aromatic rings. The Morgan fingerprint density at radius 2 is 1.80 bits per heavy atom. The fourth-order valence-electron chi connectivity index (χ4n) is 4.55. The van der Waals surface area contributed by atoms with Crippen molar-refractivity contribution in [2.24, 2.45) is 4.99 Å². The van der Waals surface area contributed by atoms with E-state index in [1.807, 2.05) is 43.3 Å². The average molecular weight is 557 g/mol. The maximum Gasteiger partial charge on any atom is 0.338 e. The van der Waals surface area contributed by atoms with Crippen molar-refractivity contribution >= 4 is 35.0 Å². The molecule has 40 heavy (non-hydrogen) atoms. The van der Waals surface area contributed by atoms with Crippen LogP contribution in [0.5, 0.6) is 0 Å². The topological polar surface area (TPSA) is 117 Å². The van der Waals surface area contributed by atoms with Gasteiger partial charge in [0.1, 0.15) is 11.5 Å². The minimum Gasteiger partial charge on any atom is -0.545 e. The van der Waals surface area contributed by atoms with Gasteiger partial charge in [0.2, 0.25) is 0 Å². The molecule has 9 nitrogen and oxygen atoms in total. The van der Waals surface area contributed by atoms with Crippen molar-refractivity contribution in [1.82, 2.24) is 4.57 Å². The predicted octanol–water partition coefficient (Wildman–Crippen LogP) is 2.49. The molecule has 0 fully saturated rings. The summed E-state index contributed by atoms with van der Waals surface area (Å²) in [5, 5.41) is 11.0. The van der Waals surface area contributed by atoms with E-state index >= 15 is 0 Å². The lowest BCUT2D eigenvalue weighted by molar-refractivity contribution is -0.255. The fraction of sp³-hybridized carbons (Fsp3) is 0.200. The first-order valence-corrected chi connectivity index (χ1v) is 13.4. The first-order chi connectivity index (χ1) is 19.2. The third-order valence-corrected chi connectivity index (χ3v) is 7.53. The van der Waals surface area contributed by atoms with E-state index in [4.69, 9.17) is 9.15 Å². The van der Waals surface area contributed by atoms with Crippen molar-refractivity contribution in [1.29, 1.82) is 0 Å². The van der Waals surface area contributed by atoms with Crippen molar-refractivity contribution < 1.29 is 23.8 Å². The van der Waals surface area contributed by atoms with Crippen LogP contribution in [0.4, 0.5) is 5.69 Å². The summed E-state index contributed by atoms with van der Waals surface area (Å²) in [5.41, 5.74) is 3.00. The Kier molecular flexibility index (Phi) is 7.27. The second-order valence-electron chi connectivity index (χ2n) is 9.36. The van der Waals surface area contributed by atoms with Crippen LogP contribution in [0.15, 0.2) is 86.1 Å². The van der Waals surface area contributed by atoms with Gasteiger partial charge in [0.05, 0.1) is 34.4 Å². The Morgan fingerprint density at radius 3 is 2.42 bits per heavy atom. The molecule has 0 saturated carbocycles. The molecular formula is C30H26N3O6S-. The molecule has 5 rings (SSSR count). The second-order valence-corrected chi connectivity index (χ2v) is 10.4. The molecule has 1 atom stereocenters. The number of nitrogens with zero attached hydrogens (tertiary/aromatic N) is 3. The number of rotatable bonds is 7. The first-order valence-electron chi connectivity index (χ1n) is 12.6. The number of hydrogen-bond donors (Lipinski definition) is 0. The Hall–Kier alpha value is -4.70. The molecule has 1 aliphatic rings. The van der Waals surface area contributed by atoms with Crippen LogP contribution in [-0.2, 0) is 9.53 Å². The number of carboxylic acids is 1. The Labute approximate surface area is 233 Å². The van der Waals surface area contributed by atoms with Crippen LogP contribution in [0.25, 0.3) is 17.4 Å². The second kappa shape index (κ2) is 10.8. The van der Waals surface area contributed by atoms with E-state index in [0.29, 0.717) is 37.7 Å². The highest BCUT2D eigenvalue weighted by atomic mass is 32.1. The van der Waals surface area contributed by atoms with Gasteiger partial charge in [0, 0.05) is 31.4 Å².